The van der Waals surface area contributed by atoms with Crippen molar-refractivity contribution in [1.29, 1.82) is 0 Å². The number of aromatic nitrogens is 3. The summed E-state index contributed by atoms with van der Waals surface area (Å²) in [6.07, 6.45) is 2.30. The van der Waals surface area contributed by atoms with E-state index < -0.39 is 3.79 Å². The van der Waals surface area contributed by atoms with Crippen molar-refractivity contribution in [3.63, 3.8) is 0 Å². The van der Waals surface area contributed by atoms with Gasteiger partial charge in [-0.2, -0.15) is 9.97 Å². The molecule has 0 atom stereocenters. The summed E-state index contributed by atoms with van der Waals surface area (Å²) in [6, 6.07) is 18.2. The predicted octanol–water partition coefficient (Wildman–Crippen LogP) is 6.18. The largest absolute Gasteiger partial charge is 0.354 e. The van der Waals surface area contributed by atoms with E-state index in [-0.39, 0.29) is 5.82 Å². The maximum absolute atomic E-state index is 6.12. The topological polar surface area (TPSA) is 53.9 Å². The monoisotopic (exact) mass is 489 g/mol. The molecule has 1 aromatic heterocycles. The van der Waals surface area contributed by atoms with Gasteiger partial charge in [-0.3, -0.25) is 0 Å². The molecule has 0 aliphatic carbocycles. The summed E-state index contributed by atoms with van der Waals surface area (Å²) < 4.78 is -1.73. The highest BCUT2D eigenvalue weighted by atomic mass is 35.6. The Balaban J connectivity index is 1.54. The summed E-state index contributed by atoms with van der Waals surface area (Å²) in [7, 11) is 0. The number of rotatable bonds is 6. The summed E-state index contributed by atoms with van der Waals surface area (Å²) in [6.45, 7) is 6.34. The summed E-state index contributed by atoms with van der Waals surface area (Å²) >= 11 is 18.4. The third kappa shape index (κ3) is 5.90. The molecular formula is C24H26Cl3N5. The fraction of sp³-hybridized carbons (Fsp3) is 0.375. The van der Waals surface area contributed by atoms with Crippen LogP contribution in [-0.4, -0.2) is 46.0 Å². The van der Waals surface area contributed by atoms with Gasteiger partial charge in [-0.1, -0.05) is 96.3 Å². The van der Waals surface area contributed by atoms with Gasteiger partial charge in [0, 0.05) is 12.1 Å². The van der Waals surface area contributed by atoms with E-state index in [0.717, 1.165) is 55.7 Å². The Morgan fingerprint density at radius 3 is 2.12 bits per heavy atom. The number of nitrogens with zero attached hydrogens (tertiary/aromatic N) is 4. The van der Waals surface area contributed by atoms with Crippen LogP contribution < -0.4 is 5.32 Å². The van der Waals surface area contributed by atoms with E-state index in [1.54, 1.807) is 0 Å². The van der Waals surface area contributed by atoms with Gasteiger partial charge in [0.15, 0.2) is 11.6 Å². The lowest BCUT2D eigenvalue weighted by Crippen LogP contribution is -2.35. The highest BCUT2D eigenvalue weighted by Gasteiger charge is 2.29. The molecular weight excluding hydrogens is 465 g/mol. The minimum absolute atomic E-state index is 0.114. The molecule has 1 aliphatic rings. The molecule has 2 aromatic carbocycles. The first-order valence-electron chi connectivity index (χ1n) is 10.9. The first-order valence-corrected chi connectivity index (χ1v) is 12.0. The Kier molecular flexibility index (Phi) is 7.51. The number of benzene rings is 2. The second-order valence-corrected chi connectivity index (χ2v) is 10.3. The van der Waals surface area contributed by atoms with Crippen LogP contribution in [0.15, 0.2) is 54.6 Å². The summed E-state index contributed by atoms with van der Waals surface area (Å²) in [5.74, 6) is 1.59. The highest BCUT2D eigenvalue weighted by Crippen LogP contribution is 2.37. The molecule has 0 spiro atoms. The van der Waals surface area contributed by atoms with Gasteiger partial charge in [0.25, 0.3) is 0 Å². The van der Waals surface area contributed by atoms with Crippen molar-refractivity contribution in [2.75, 3.05) is 31.5 Å². The van der Waals surface area contributed by atoms with Crippen LogP contribution in [0.25, 0.3) is 22.5 Å². The Labute approximate surface area is 204 Å². The maximum atomic E-state index is 6.12. The van der Waals surface area contributed by atoms with Crippen molar-refractivity contribution in [2.45, 2.75) is 23.6 Å². The Hall–Kier alpha value is -1.92. The number of hydrogen-bond acceptors (Lipinski definition) is 5. The van der Waals surface area contributed by atoms with Gasteiger partial charge < -0.3 is 10.2 Å². The van der Waals surface area contributed by atoms with Crippen LogP contribution in [0.1, 0.15) is 25.6 Å². The average molecular weight is 491 g/mol. The van der Waals surface area contributed by atoms with Crippen molar-refractivity contribution < 1.29 is 0 Å². The quantitative estimate of drug-likeness (QED) is 0.418. The van der Waals surface area contributed by atoms with Crippen LogP contribution >= 0.6 is 34.8 Å². The molecule has 1 aliphatic heterocycles. The SMILES string of the molecule is CCN1CCC(CNc2nc(-c3ccc(-c4ccccc4)cc3)nc(C(Cl)(Cl)Cl)n2)CC1. The smallest absolute Gasteiger partial charge is 0.250 e. The number of hydrogen-bond donors (Lipinski definition) is 1. The van der Waals surface area contributed by atoms with E-state index in [1.165, 1.54) is 0 Å². The number of piperidine rings is 1. The van der Waals surface area contributed by atoms with Gasteiger partial charge in [0.1, 0.15) is 0 Å². The fourth-order valence-corrected chi connectivity index (χ4v) is 4.15. The minimum Gasteiger partial charge on any atom is -0.354 e. The van der Waals surface area contributed by atoms with Crippen LogP contribution in [0.4, 0.5) is 5.95 Å². The first kappa shape index (κ1) is 23.2. The van der Waals surface area contributed by atoms with E-state index in [4.69, 9.17) is 34.8 Å². The number of likely N-dealkylation sites (tertiary alicyclic amines) is 1. The standard InChI is InChI=1S/C24H26Cl3N5/c1-2-32-14-12-17(13-15-32)16-28-23-30-21(29-22(31-23)24(25,26)27)20-10-8-19(9-11-20)18-6-4-3-5-7-18/h3-11,17H,2,12-16H2,1H3,(H,28,29,30,31). The van der Waals surface area contributed by atoms with Crippen LogP contribution in [0, 0.1) is 5.92 Å². The number of halogens is 3. The number of alkyl halides is 3. The Bertz CT molecular complexity index is 1010. The molecule has 0 unspecified atom stereocenters. The van der Waals surface area contributed by atoms with Gasteiger partial charge >= 0.3 is 0 Å². The van der Waals surface area contributed by atoms with E-state index in [0.29, 0.717) is 17.7 Å². The lowest BCUT2D eigenvalue weighted by molar-refractivity contribution is 0.198. The van der Waals surface area contributed by atoms with Crippen LogP contribution in [-0.2, 0) is 3.79 Å². The third-order valence-corrected chi connectivity index (χ3v) is 6.35. The Morgan fingerprint density at radius 1 is 0.875 bits per heavy atom. The number of anilines is 1. The molecule has 2 heterocycles. The molecule has 3 aromatic rings. The normalized spacial score (nSPS) is 15.6. The van der Waals surface area contributed by atoms with Crippen molar-refractivity contribution in [1.82, 2.24) is 19.9 Å². The molecule has 0 amide bonds. The van der Waals surface area contributed by atoms with E-state index in [2.05, 4.69) is 44.2 Å². The van der Waals surface area contributed by atoms with Gasteiger partial charge in [0.2, 0.25) is 9.74 Å². The zero-order chi connectivity index (χ0) is 22.6. The molecule has 1 saturated heterocycles. The zero-order valence-corrected chi connectivity index (χ0v) is 20.2. The zero-order valence-electron chi connectivity index (χ0n) is 17.9. The first-order chi connectivity index (χ1) is 15.4. The molecule has 0 bridgehead atoms. The summed E-state index contributed by atoms with van der Waals surface area (Å²) in [5, 5.41) is 3.35. The van der Waals surface area contributed by atoms with Gasteiger partial charge in [0.05, 0.1) is 0 Å². The van der Waals surface area contributed by atoms with Crippen molar-refractivity contribution in [3.05, 3.63) is 60.4 Å². The van der Waals surface area contributed by atoms with Gasteiger partial charge in [-0.25, -0.2) is 4.98 Å². The molecule has 32 heavy (non-hydrogen) atoms. The van der Waals surface area contributed by atoms with Crippen LogP contribution in [0.2, 0.25) is 0 Å². The molecule has 1 N–H and O–H groups in total. The van der Waals surface area contributed by atoms with E-state index in [1.807, 2.05) is 42.5 Å². The van der Waals surface area contributed by atoms with E-state index in [9.17, 15) is 0 Å². The highest BCUT2D eigenvalue weighted by molar-refractivity contribution is 6.66. The summed E-state index contributed by atoms with van der Waals surface area (Å²) in [4.78, 5) is 15.9. The molecule has 0 saturated carbocycles. The van der Waals surface area contributed by atoms with Crippen molar-refractivity contribution >= 4 is 40.8 Å². The predicted molar refractivity (Wildman–Crippen MR) is 133 cm³/mol. The Morgan fingerprint density at radius 2 is 1.50 bits per heavy atom. The van der Waals surface area contributed by atoms with Crippen molar-refractivity contribution in [2.24, 2.45) is 5.92 Å². The maximum Gasteiger partial charge on any atom is 0.250 e. The molecule has 0 radical (unpaired) electrons. The van der Waals surface area contributed by atoms with Crippen LogP contribution in [0.5, 0.6) is 0 Å². The minimum atomic E-state index is -1.73. The fourth-order valence-electron chi connectivity index (χ4n) is 3.90. The molecule has 168 valence electrons. The molecule has 4 rings (SSSR count). The van der Waals surface area contributed by atoms with Crippen molar-refractivity contribution in [3.8, 4) is 22.5 Å². The third-order valence-electron chi connectivity index (χ3n) is 5.84. The van der Waals surface area contributed by atoms with E-state index >= 15 is 0 Å². The number of nitrogens with one attached hydrogen (secondary N) is 1. The molecule has 8 heteroatoms. The average Bonchev–Trinajstić information content (AvgIpc) is 2.83. The van der Waals surface area contributed by atoms with Gasteiger partial charge in [-0.05, 0) is 49.5 Å². The lowest BCUT2D eigenvalue weighted by atomic mass is 9.97. The van der Waals surface area contributed by atoms with Gasteiger partial charge in [-0.15, -0.1) is 0 Å². The second-order valence-electron chi connectivity index (χ2n) is 8.01. The summed E-state index contributed by atoms with van der Waals surface area (Å²) in [5.41, 5.74) is 3.09. The van der Waals surface area contributed by atoms with Crippen LogP contribution in [0.3, 0.4) is 0 Å². The molecule has 1 fully saturated rings. The molecule has 5 nitrogen and oxygen atoms in total. The second kappa shape index (κ2) is 10.3. The lowest BCUT2D eigenvalue weighted by Gasteiger charge is -2.31.